The molecule has 0 unspecified atom stereocenters. The van der Waals surface area contributed by atoms with Crippen LogP contribution in [-0.4, -0.2) is 26.3 Å². The number of thiocarbonyl (C=S) groups is 1. The summed E-state index contributed by atoms with van der Waals surface area (Å²) in [5.74, 6) is 1.12. The molecular weight excluding hydrogens is 471 g/mol. The topological polar surface area (TPSA) is 111 Å². The Balaban J connectivity index is 1.37. The van der Waals surface area contributed by atoms with Crippen molar-refractivity contribution in [3.05, 3.63) is 72.3 Å². The lowest BCUT2D eigenvalue weighted by atomic mass is 10.2. The lowest BCUT2D eigenvalue weighted by Crippen LogP contribution is -2.19. The Kier molecular flexibility index (Phi) is 6.23. The molecular formula is C22H16F3N5O3S. The van der Waals surface area contributed by atoms with Crippen molar-refractivity contribution in [1.82, 2.24) is 9.97 Å². The van der Waals surface area contributed by atoms with Crippen molar-refractivity contribution in [2.75, 3.05) is 16.0 Å². The molecule has 0 aliphatic heterocycles. The van der Waals surface area contributed by atoms with E-state index in [1.54, 1.807) is 42.5 Å². The predicted molar refractivity (Wildman–Crippen MR) is 126 cm³/mol. The lowest BCUT2D eigenvalue weighted by molar-refractivity contribution is -0.137. The molecule has 12 heteroatoms. The predicted octanol–water partition coefficient (Wildman–Crippen LogP) is 6.27. The number of carboxylic acid groups (broad SMARTS) is 1. The Morgan fingerprint density at radius 2 is 1.65 bits per heavy atom. The second-order valence-electron chi connectivity index (χ2n) is 6.98. The summed E-state index contributed by atoms with van der Waals surface area (Å²) < 4.78 is 44.4. The minimum atomic E-state index is -4.44. The highest BCUT2D eigenvalue weighted by molar-refractivity contribution is 7.80. The Morgan fingerprint density at radius 1 is 0.941 bits per heavy atom. The van der Waals surface area contributed by atoms with Crippen LogP contribution in [-0.2, 0) is 6.18 Å². The van der Waals surface area contributed by atoms with Crippen LogP contribution in [0.5, 0.6) is 11.5 Å². The number of fused-ring (bicyclic) bond motifs is 1. The summed E-state index contributed by atoms with van der Waals surface area (Å²) in [5, 5.41) is 16.7. The van der Waals surface area contributed by atoms with Crippen LogP contribution < -0.4 is 20.7 Å². The smallest absolute Gasteiger partial charge is 0.416 e. The number of aromatic amines is 1. The number of imidazole rings is 1. The highest BCUT2D eigenvalue weighted by Gasteiger charge is 2.30. The van der Waals surface area contributed by atoms with Gasteiger partial charge in [0.15, 0.2) is 5.11 Å². The number of benzene rings is 3. The SMILES string of the molecule is O=C(O)Nc1nc2ccc(Oc3ccc(NC(=S)Nc4cccc(C(F)(F)F)c4)cc3)cc2[nH]1. The van der Waals surface area contributed by atoms with E-state index in [-0.39, 0.29) is 16.7 Å². The second kappa shape index (κ2) is 9.27. The average molecular weight is 487 g/mol. The number of alkyl halides is 3. The quantitative estimate of drug-likeness (QED) is 0.211. The Morgan fingerprint density at radius 3 is 2.35 bits per heavy atom. The van der Waals surface area contributed by atoms with E-state index in [1.807, 2.05) is 0 Å². The molecule has 0 saturated heterocycles. The first-order valence-corrected chi connectivity index (χ1v) is 10.1. The number of H-pyrrole nitrogens is 1. The third kappa shape index (κ3) is 5.72. The van der Waals surface area contributed by atoms with E-state index >= 15 is 0 Å². The third-order valence-corrected chi connectivity index (χ3v) is 4.68. The first-order chi connectivity index (χ1) is 16.2. The molecule has 4 aromatic rings. The fourth-order valence-electron chi connectivity index (χ4n) is 3.02. The number of anilines is 3. The first-order valence-electron chi connectivity index (χ1n) is 9.69. The van der Waals surface area contributed by atoms with E-state index in [0.29, 0.717) is 28.2 Å². The summed E-state index contributed by atoms with van der Waals surface area (Å²) in [6.45, 7) is 0. The van der Waals surface area contributed by atoms with E-state index in [0.717, 1.165) is 12.1 Å². The van der Waals surface area contributed by atoms with Gasteiger partial charge in [0, 0.05) is 17.4 Å². The van der Waals surface area contributed by atoms with Crippen LogP contribution in [0.3, 0.4) is 0 Å². The van der Waals surface area contributed by atoms with Crippen LogP contribution >= 0.6 is 12.2 Å². The first kappa shape index (κ1) is 22.9. The van der Waals surface area contributed by atoms with Gasteiger partial charge in [-0.25, -0.2) is 9.78 Å². The third-order valence-electron chi connectivity index (χ3n) is 4.47. The molecule has 174 valence electrons. The lowest BCUT2D eigenvalue weighted by Gasteiger charge is -2.13. The summed E-state index contributed by atoms with van der Waals surface area (Å²) in [7, 11) is 0. The normalized spacial score (nSPS) is 11.1. The van der Waals surface area contributed by atoms with E-state index in [4.69, 9.17) is 22.1 Å². The molecule has 0 atom stereocenters. The molecule has 5 N–H and O–H groups in total. The molecule has 8 nitrogen and oxygen atoms in total. The average Bonchev–Trinajstić information content (AvgIpc) is 3.15. The summed E-state index contributed by atoms with van der Waals surface area (Å²) in [6, 6.07) is 16.5. The fraction of sp³-hybridized carbons (Fsp3) is 0.0455. The van der Waals surface area contributed by atoms with Gasteiger partial charge in [-0.1, -0.05) is 6.07 Å². The van der Waals surface area contributed by atoms with Gasteiger partial charge in [0.2, 0.25) is 5.95 Å². The van der Waals surface area contributed by atoms with Crippen molar-refractivity contribution in [2.45, 2.75) is 6.18 Å². The van der Waals surface area contributed by atoms with Crippen molar-refractivity contribution >= 4 is 51.8 Å². The Hall–Kier alpha value is -4.32. The maximum Gasteiger partial charge on any atom is 0.416 e. The van der Waals surface area contributed by atoms with E-state index in [1.165, 1.54) is 12.1 Å². The molecule has 0 bridgehead atoms. The maximum absolute atomic E-state index is 12.9. The van der Waals surface area contributed by atoms with Crippen molar-refractivity contribution in [2.24, 2.45) is 0 Å². The number of nitrogens with zero attached hydrogens (tertiary/aromatic N) is 1. The number of hydrogen-bond donors (Lipinski definition) is 5. The van der Waals surface area contributed by atoms with Gasteiger partial charge in [0.05, 0.1) is 16.6 Å². The zero-order valence-electron chi connectivity index (χ0n) is 17.1. The van der Waals surface area contributed by atoms with Crippen LogP contribution in [0.4, 0.5) is 35.3 Å². The highest BCUT2D eigenvalue weighted by Crippen LogP contribution is 2.31. The number of halogens is 3. The Bertz CT molecular complexity index is 1360. The number of carbonyl (C=O) groups is 1. The second-order valence-corrected chi connectivity index (χ2v) is 7.39. The van der Waals surface area contributed by atoms with Gasteiger partial charge in [-0.15, -0.1) is 0 Å². The van der Waals surface area contributed by atoms with Crippen LogP contribution in [0.15, 0.2) is 66.7 Å². The van der Waals surface area contributed by atoms with Crippen molar-refractivity contribution in [3.63, 3.8) is 0 Å². The van der Waals surface area contributed by atoms with Gasteiger partial charge in [-0.2, -0.15) is 13.2 Å². The zero-order valence-corrected chi connectivity index (χ0v) is 17.9. The molecule has 1 amide bonds. The van der Waals surface area contributed by atoms with Gasteiger partial charge in [0.25, 0.3) is 0 Å². The molecule has 1 heterocycles. The molecule has 0 aliphatic carbocycles. The fourth-order valence-corrected chi connectivity index (χ4v) is 3.26. The monoisotopic (exact) mass is 487 g/mol. The molecule has 0 aliphatic rings. The Labute approximate surface area is 195 Å². The molecule has 0 saturated carbocycles. The van der Waals surface area contributed by atoms with E-state index in [9.17, 15) is 18.0 Å². The molecule has 3 aromatic carbocycles. The number of rotatable bonds is 5. The minimum Gasteiger partial charge on any atom is -0.465 e. The summed E-state index contributed by atoms with van der Waals surface area (Å²) >= 11 is 5.18. The number of hydrogen-bond acceptors (Lipinski definition) is 4. The molecule has 4 rings (SSSR count). The van der Waals surface area contributed by atoms with Crippen LogP contribution in [0, 0.1) is 0 Å². The maximum atomic E-state index is 12.9. The van der Waals surface area contributed by atoms with Crippen molar-refractivity contribution in [1.29, 1.82) is 0 Å². The van der Waals surface area contributed by atoms with Gasteiger partial charge < -0.3 is 25.5 Å². The van der Waals surface area contributed by atoms with Crippen LogP contribution in [0.2, 0.25) is 0 Å². The number of nitrogens with one attached hydrogen (secondary N) is 4. The van der Waals surface area contributed by atoms with E-state index < -0.39 is 17.8 Å². The molecule has 0 spiro atoms. The number of aromatic nitrogens is 2. The largest absolute Gasteiger partial charge is 0.465 e. The molecule has 1 aromatic heterocycles. The molecule has 0 radical (unpaired) electrons. The van der Waals surface area contributed by atoms with Gasteiger partial charge >= 0.3 is 12.3 Å². The van der Waals surface area contributed by atoms with Gasteiger partial charge in [-0.05, 0) is 66.8 Å². The molecule has 34 heavy (non-hydrogen) atoms. The molecule has 0 fully saturated rings. The number of ether oxygens (including phenoxy) is 1. The van der Waals surface area contributed by atoms with Crippen LogP contribution in [0.25, 0.3) is 11.0 Å². The summed E-state index contributed by atoms with van der Waals surface area (Å²) in [6.07, 6.45) is -5.67. The number of amides is 1. The van der Waals surface area contributed by atoms with Crippen molar-refractivity contribution in [3.8, 4) is 11.5 Å². The standard InChI is InChI=1S/C22H16F3N5O3S/c23-22(24,25)12-2-1-3-14(10-12)27-20(34)26-13-4-6-15(7-5-13)33-16-8-9-17-18(11-16)29-19(28-17)30-21(31)32/h1-11H,(H,31,32)(H2,26,27,34)(H2,28,29,30). The minimum absolute atomic E-state index is 0.102. The summed E-state index contributed by atoms with van der Waals surface area (Å²) in [4.78, 5) is 17.7. The van der Waals surface area contributed by atoms with Gasteiger partial charge in [-0.3, -0.25) is 5.32 Å². The van der Waals surface area contributed by atoms with Crippen LogP contribution in [0.1, 0.15) is 5.56 Å². The zero-order chi connectivity index (χ0) is 24.3. The highest BCUT2D eigenvalue weighted by atomic mass is 32.1. The van der Waals surface area contributed by atoms with E-state index in [2.05, 4.69) is 25.9 Å². The van der Waals surface area contributed by atoms with Crippen molar-refractivity contribution < 1.29 is 27.8 Å². The van der Waals surface area contributed by atoms with Gasteiger partial charge in [0.1, 0.15) is 11.5 Å². The summed E-state index contributed by atoms with van der Waals surface area (Å²) in [5.41, 5.74) is 1.20.